The third kappa shape index (κ3) is 2.51. The molecule has 2 aliphatic rings. The predicted octanol–water partition coefficient (Wildman–Crippen LogP) is 4.42. The Morgan fingerprint density at radius 1 is 1.40 bits per heavy atom. The minimum atomic E-state index is -0.740. The molecule has 2 unspecified atom stereocenters. The first-order valence-corrected chi connectivity index (χ1v) is 8.63. The van der Waals surface area contributed by atoms with E-state index in [0.29, 0.717) is 28.7 Å². The summed E-state index contributed by atoms with van der Waals surface area (Å²) in [5.41, 5.74) is 0.939. The molecule has 2 aromatic rings. The van der Waals surface area contributed by atoms with Crippen LogP contribution in [0.5, 0.6) is 11.5 Å². The molecule has 0 radical (unpaired) electrons. The summed E-state index contributed by atoms with van der Waals surface area (Å²) in [6.07, 6.45) is 0.669. The van der Waals surface area contributed by atoms with Crippen molar-refractivity contribution in [3.8, 4) is 11.5 Å². The monoisotopic (exact) mass is 378 g/mol. The van der Waals surface area contributed by atoms with Crippen molar-refractivity contribution in [2.24, 2.45) is 0 Å². The molecule has 0 aliphatic carbocycles. The molecule has 0 amide bonds. The summed E-state index contributed by atoms with van der Waals surface area (Å²) in [5.74, 6) is 0.887. The van der Waals surface area contributed by atoms with Gasteiger partial charge in [-0.25, -0.2) is 4.39 Å². The molecule has 0 saturated carbocycles. The second kappa shape index (κ2) is 5.75. The third-order valence-corrected chi connectivity index (χ3v) is 5.23. The van der Waals surface area contributed by atoms with Crippen LogP contribution in [0.25, 0.3) is 0 Å². The van der Waals surface area contributed by atoms with Gasteiger partial charge in [-0.2, -0.15) is 0 Å². The van der Waals surface area contributed by atoms with Gasteiger partial charge in [0.25, 0.3) is 0 Å². The lowest BCUT2D eigenvalue weighted by Crippen LogP contribution is -2.65. The molecule has 2 bridgehead atoms. The molecule has 7 heteroatoms. The molecular weight excluding hydrogens is 363 g/mol. The number of ether oxygens (including phenoxy) is 2. The van der Waals surface area contributed by atoms with E-state index in [-0.39, 0.29) is 11.1 Å². The number of rotatable bonds is 2. The van der Waals surface area contributed by atoms with Gasteiger partial charge in [0, 0.05) is 17.7 Å². The van der Waals surface area contributed by atoms with Crippen LogP contribution in [0.2, 0.25) is 5.02 Å². The first-order chi connectivity index (χ1) is 11.9. The van der Waals surface area contributed by atoms with Gasteiger partial charge in [-0.05, 0) is 43.4 Å². The van der Waals surface area contributed by atoms with E-state index in [1.54, 1.807) is 19.2 Å². The number of hydrogen-bond donors (Lipinski definition) is 1. The lowest BCUT2D eigenvalue weighted by Gasteiger charge is -2.52. The zero-order valence-corrected chi connectivity index (χ0v) is 15.2. The SMILES string of the molecule is COc1cccc2c1OC1(C)CC2NC(=S)N1c1ccc(F)c(Cl)c1. The standard InChI is InChI=1S/C18H16ClFN2O2S/c1-18-9-14(11-4-3-5-15(23-2)16(11)24-18)21-17(25)22(18)10-6-7-13(20)12(19)8-10/h3-8,14H,9H2,1-2H3,(H,21,25). The number of nitrogens with one attached hydrogen (secondary N) is 1. The summed E-state index contributed by atoms with van der Waals surface area (Å²) in [6.45, 7) is 1.96. The van der Waals surface area contributed by atoms with Crippen LogP contribution in [0.1, 0.15) is 24.9 Å². The topological polar surface area (TPSA) is 33.7 Å². The van der Waals surface area contributed by atoms with E-state index in [4.69, 9.17) is 33.3 Å². The minimum absolute atomic E-state index is 0.0171. The van der Waals surface area contributed by atoms with Crippen LogP contribution in [-0.2, 0) is 0 Å². The lowest BCUT2D eigenvalue weighted by atomic mass is 9.90. The molecule has 2 heterocycles. The summed E-state index contributed by atoms with van der Waals surface area (Å²) in [7, 11) is 1.61. The fourth-order valence-electron chi connectivity index (χ4n) is 3.54. The van der Waals surface area contributed by atoms with E-state index in [1.165, 1.54) is 6.07 Å². The molecule has 130 valence electrons. The first-order valence-electron chi connectivity index (χ1n) is 7.84. The average Bonchev–Trinajstić information content (AvgIpc) is 2.57. The molecule has 0 aromatic heterocycles. The minimum Gasteiger partial charge on any atom is -0.493 e. The second-order valence-electron chi connectivity index (χ2n) is 6.30. The Morgan fingerprint density at radius 2 is 2.20 bits per heavy atom. The fourth-order valence-corrected chi connectivity index (χ4v) is 4.15. The Morgan fingerprint density at radius 3 is 2.92 bits per heavy atom. The van der Waals surface area contributed by atoms with Gasteiger partial charge in [0.1, 0.15) is 5.82 Å². The summed E-state index contributed by atoms with van der Waals surface area (Å²) in [5, 5.41) is 3.90. The largest absolute Gasteiger partial charge is 0.493 e. The molecular formula is C18H16ClFN2O2S. The number of para-hydroxylation sites is 1. The maximum Gasteiger partial charge on any atom is 0.188 e. The summed E-state index contributed by atoms with van der Waals surface area (Å²) < 4.78 is 25.4. The highest BCUT2D eigenvalue weighted by atomic mass is 35.5. The molecule has 1 saturated heterocycles. The van der Waals surface area contributed by atoms with Gasteiger partial charge in [-0.15, -0.1) is 0 Å². The van der Waals surface area contributed by atoms with Crippen molar-refractivity contribution in [3.05, 3.63) is 52.8 Å². The number of hydrogen-bond acceptors (Lipinski definition) is 3. The van der Waals surface area contributed by atoms with Gasteiger partial charge in [-0.1, -0.05) is 23.7 Å². The summed E-state index contributed by atoms with van der Waals surface area (Å²) in [4.78, 5) is 1.83. The fraction of sp³-hybridized carbons (Fsp3) is 0.278. The number of anilines is 1. The molecule has 2 aromatic carbocycles. The zero-order chi connectivity index (χ0) is 17.8. The molecule has 0 spiro atoms. The maximum absolute atomic E-state index is 13.6. The van der Waals surface area contributed by atoms with E-state index in [9.17, 15) is 4.39 Å². The zero-order valence-electron chi connectivity index (χ0n) is 13.7. The molecule has 4 nitrogen and oxygen atoms in total. The van der Waals surface area contributed by atoms with E-state index in [1.807, 2.05) is 30.0 Å². The number of halogens is 2. The highest BCUT2D eigenvalue weighted by molar-refractivity contribution is 7.80. The van der Waals surface area contributed by atoms with Crippen LogP contribution in [0.3, 0.4) is 0 Å². The van der Waals surface area contributed by atoms with E-state index >= 15 is 0 Å². The molecule has 2 aliphatic heterocycles. The quantitative estimate of drug-likeness (QED) is 0.782. The third-order valence-electron chi connectivity index (χ3n) is 4.64. The van der Waals surface area contributed by atoms with Crippen molar-refractivity contribution in [1.82, 2.24) is 5.32 Å². The lowest BCUT2D eigenvalue weighted by molar-refractivity contribution is 0.0464. The van der Waals surface area contributed by atoms with Crippen molar-refractivity contribution in [1.29, 1.82) is 0 Å². The number of fused-ring (bicyclic) bond motifs is 4. The Labute approximate surface area is 155 Å². The van der Waals surface area contributed by atoms with Gasteiger partial charge in [0.2, 0.25) is 0 Å². The highest BCUT2D eigenvalue weighted by Gasteiger charge is 2.49. The molecule has 25 heavy (non-hydrogen) atoms. The Balaban J connectivity index is 1.82. The first kappa shape index (κ1) is 16.4. The highest BCUT2D eigenvalue weighted by Crippen LogP contribution is 2.49. The van der Waals surface area contributed by atoms with Gasteiger partial charge in [0.05, 0.1) is 18.2 Å². The second-order valence-corrected chi connectivity index (χ2v) is 7.09. The molecule has 1 N–H and O–H groups in total. The summed E-state index contributed by atoms with van der Waals surface area (Å²) in [6, 6.07) is 10.3. The van der Waals surface area contributed by atoms with E-state index < -0.39 is 11.5 Å². The van der Waals surface area contributed by atoms with Gasteiger partial charge >= 0.3 is 0 Å². The molecule has 4 rings (SSSR count). The smallest absolute Gasteiger partial charge is 0.188 e. The van der Waals surface area contributed by atoms with Crippen LogP contribution in [0, 0.1) is 5.82 Å². The Kier molecular flexibility index (Phi) is 3.77. The van der Waals surface area contributed by atoms with Crippen LogP contribution in [0.4, 0.5) is 10.1 Å². The molecule has 2 atom stereocenters. The number of benzene rings is 2. The number of thiocarbonyl (C=S) groups is 1. The van der Waals surface area contributed by atoms with Gasteiger partial charge in [-0.3, -0.25) is 4.90 Å². The van der Waals surface area contributed by atoms with Crippen LogP contribution in [-0.4, -0.2) is 17.9 Å². The van der Waals surface area contributed by atoms with Crippen molar-refractivity contribution in [3.63, 3.8) is 0 Å². The van der Waals surface area contributed by atoms with Crippen molar-refractivity contribution in [2.75, 3.05) is 12.0 Å². The summed E-state index contributed by atoms with van der Waals surface area (Å²) >= 11 is 11.5. The predicted molar refractivity (Wildman–Crippen MR) is 99.0 cm³/mol. The van der Waals surface area contributed by atoms with Crippen molar-refractivity contribution in [2.45, 2.75) is 25.1 Å². The van der Waals surface area contributed by atoms with Gasteiger partial charge < -0.3 is 14.8 Å². The van der Waals surface area contributed by atoms with Crippen LogP contribution < -0.4 is 19.7 Å². The molecule has 1 fully saturated rings. The van der Waals surface area contributed by atoms with E-state index in [0.717, 1.165) is 5.56 Å². The van der Waals surface area contributed by atoms with Crippen LogP contribution in [0.15, 0.2) is 36.4 Å². The van der Waals surface area contributed by atoms with Crippen LogP contribution >= 0.6 is 23.8 Å². The van der Waals surface area contributed by atoms with Crippen molar-refractivity contribution < 1.29 is 13.9 Å². The Bertz CT molecular complexity index is 878. The number of methoxy groups -OCH3 is 1. The van der Waals surface area contributed by atoms with Gasteiger partial charge in [0.15, 0.2) is 22.3 Å². The number of nitrogens with zero attached hydrogens (tertiary/aromatic N) is 1. The maximum atomic E-state index is 13.6. The normalized spacial score (nSPS) is 24.2. The average molecular weight is 379 g/mol. The van der Waals surface area contributed by atoms with E-state index in [2.05, 4.69) is 5.32 Å². The Hall–Kier alpha value is -2.05. The van der Waals surface area contributed by atoms with Crippen molar-refractivity contribution >= 4 is 34.6 Å².